The molecule has 0 aliphatic carbocycles. The first-order valence-corrected chi connectivity index (χ1v) is 16.7. The van der Waals surface area contributed by atoms with Gasteiger partial charge in [-0.25, -0.2) is 4.99 Å². The molecule has 7 aromatic carbocycles. The summed E-state index contributed by atoms with van der Waals surface area (Å²) in [6, 6.07) is 58.3. The van der Waals surface area contributed by atoms with Gasteiger partial charge in [0.25, 0.3) is 0 Å². The number of furan rings is 1. The number of aliphatic imine (C=N–C) groups is 2. The summed E-state index contributed by atoms with van der Waals surface area (Å²) in [5.74, 6) is 0.958. The maximum atomic E-state index is 6.60. The number of benzene rings is 7. The smallest absolute Gasteiger partial charge is 0.157 e. The summed E-state index contributed by atoms with van der Waals surface area (Å²) in [7, 11) is 0. The molecule has 2 heterocycles. The summed E-state index contributed by atoms with van der Waals surface area (Å²) < 4.78 is 8.98. The summed E-state index contributed by atoms with van der Waals surface area (Å²) in [5, 5.41) is 4.51. The average Bonchev–Trinajstić information content (AvgIpc) is 3.73. The van der Waals surface area contributed by atoms with Crippen molar-refractivity contribution in [2.75, 3.05) is 0 Å². The second-order valence-electron chi connectivity index (χ2n) is 12.4. The van der Waals surface area contributed by atoms with Crippen LogP contribution in [-0.4, -0.2) is 16.2 Å². The maximum Gasteiger partial charge on any atom is 0.157 e. The minimum atomic E-state index is 0.408. The van der Waals surface area contributed by atoms with Crippen LogP contribution in [0.2, 0.25) is 0 Å². The van der Waals surface area contributed by atoms with E-state index in [0.717, 1.165) is 55.3 Å². The molecule has 5 nitrogen and oxygen atoms in total. The fourth-order valence-corrected chi connectivity index (χ4v) is 7.00. The summed E-state index contributed by atoms with van der Waals surface area (Å²) >= 11 is 0. The normalized spacial score (nSPS) is 12.4. The lowest BCUT2D eigenvalue weighted by Crippen LogP contribution is -2.16. The van der Waals surface area contributed by atoms with Gasteiger partial charge in [0.05, 0.1) is 28.7 Å². The Bertz CT molecular complexity index is 2720. The quantitative estimate of drug-likeness (QED) is 0.145. The zero-order chi connectivity index (χ0) is 33.4. The lowest BCUT2D eigenvalue weighted by atomic mass is 9.99. The lowest BCUT2D eigenvalue weighted by molar-refractivity contribution is 0.668. The van der Waals surface area contributed by atoms with Crippen LogP contribution in [-0.2, 0) is 6.54 Å². The number of para-hydroxylation sites is 1. The standard InChI is InChI=1S/C45H32N4O/c46-44(32-18-8-3-9-19-32)48-45(47-29-30-14-4-1-5-15-30)33-26-27-36-41(28-33)50-40-25-13-24-39(43(36)40)49-37-22-11-10-20-35(37)42-34(21-12-23-38(42)49)31-16-6-2-7-17-31/h1-28H,29H2,(H2,46,47,48). The van der Waals surface area contributed by atoms with Crippen molar-refractivity contribution in [2.24, 2.45) is 15.7 Å². The molecule has 0 radical (unpaired) electrons. The third-order valence-corrected chi connectivity index (χ3v) is 9.31. The monoisotopic (exact) mass is 644 g/mol. The van der Waals surface area contributed by atoms with Crippen molar-refractivity contribution in [2.45, 2.75) is 6.54 Å². The van der Waals surface area contributed by atoms with Gasteiger partial charge in [0, 0.05) is 27.3 Å². The van der Waals surface area contributed by atoms with Gasteiger partial charge in [-0.3, -0.25) is 4.99 Å². The molecule has 0 saturated carbocycles. The Hall–Kier alpha value is -6.72. The van der Waals surface area contributed by atoms with Crippen LogP contribution in [0.1, 0.15) is 16.7 Å². The molecule has 0 saturated heterocycles. The van der Waals surface area contributed by atoms with E-state index in [1.807, 2.05) is 60.7 Å². The molecular formula is C45H32N4O. The van der Waals surface area contributed by atoms with Crippen LogP contribution in [0.5, 0.6) is 0 Å². The minimum absolute atomic E-state index is 0.408. The molecule has 2 aromatic heterocycles. The van der Waals surface area contributed by atoms with Gasteiger partial charge >= 0.3 is 0 Å². The van der Waals surface area contributed by atoms with E-state index in [0.29, 0.717) is 18.2 Å². The number of hydrogen-bond donors (Lipinski definition) is 1. The first kappa shape index (κ1) is 29.4. The zero-order valence-corrected chi connectivity index (χ0v) is 27.2. The van der Waals surface area contributed by atoms with Crippen LogP contribution in [0.3, 0.4) is 0 Å². The highest BCUT2D eigenvalue weighted by Gasteiger charge is 2.20. The van der Waals surface area contributed by atoms with Crippen molar-refractivity contribution in [3.8, 4) is 16.8 Å². The van der Waals surface area contributed by atoms with Crippen LogP contribution >= 0.6 is 0 Å². The summed E-state index contributed by atoms with van der Waals surface area (Å²) in [6.07, 6.45) is 0. The van der Waals surface area contributed by atoms with Gasteiger partial charge in [0.1, 0.15) is 17.0 Å². The SMILES string of the molecule is N/C(=N\C(=N/Cc1ccccc1)c1ccc2c(c1)oc1cccc(-n3c4ccccc4c4c(-c5ccccc5)cccc43)c12)c1ccccc1. The molecule has 0 bridgehead atoms. The third kappa shape index (κ3) is 5.13. The molecule has 0 amide bonds. The van der Waals surface area contributed by atoms with Gasteiger partial charge in [-0.1, -0.05) is 133 Å². The highest BCUT2D eigenvalue weighted by atomic mass is 16.3. The van der Waals surface area contributed by atoms with Crippen LogP contribution in [0.4, 0.5) is 0 Å². The van der Waals surface area contributed by atoms with E-state index in [-0.39, 0.29) is 0 Å². The topological polar surface area (TPSA) is 68.8 Å². The van der Waals surface area contributed by atoms with Gasteiger partial charge in [-0.05, 0) is 53.1 Å². The molecule has 0 unspecified atom stereocenters. The number of aromatic nitrogens is 1. The van der Waals surface area contributed by atoms with Crippen molar-refractivity contribution >= 4 is 55.4 Å². The molecule has 50 heavy (non-hydrogen) atoms. The predicted molar refractivity (Wildman–Crippen MR) is 207 cm³/mol. The molecular weight excluding hydrogens is 613 g/mol. The second-order valence-corrected chi connectivity index (χ2v) is 12.4. The summed E-state index contributed by atoms with van der Waals surface area (Å²) in [4.78, 5) is 9.80. The molecule has 2 N–H and O–H groups in total. The molecule has 238 valence electrons. The fourth-order valence-electron chi connectivity index (χ4n) is 7.00. The van der Waals surface area contributed by atoms with E-state index in [2.05, 4.69) is 114 Å². The Labute approximate surface area is 289 Å². The molecule has 9 aromatic rings. The Kier molecular flexibility index (Phi) is 7.29. The fraction of sp³-hybridized carbons (Fsp3) is 0.0222. The van der Waals surface area contributed by atoms with Crippen molar-refractivity contribution in [1.29, 1.82) is 0 Å². The van der Waals surface area contributed by atoms with Crippen molar-refractivity contribution in [3.63, 3.8) is 0 Å². The number of rotatable bonds is 6. The molecule has 0 spiro atoms. The Morgan fingerprint density at radius 3 is 2.08 bits per heavy atom. The van der Waals surface area contributed by atoms with E-state index in [9.17, 15) is 0 Å². The molecule has 0 atom stereocenters. The van der Waals surface area contributed by atoms with Crippen LogP contribution in [0.15, 0.2) is 184 Å². The number of nitrogens with zero attached hydrogens (tertiary/aromatic N) is 3. The molecule has 0 aliphatic rings. The number of hydrogen-bond acceptors (Lipinski definition) is 2. The molecule has 9 rings (SSSR count). The van der Waals surface area contributed by atoms with E-state index in [1.54, 1.807) is 0 Å². The minimum Gasteiger partial charge on any atom is -0.456 e. The Morgan fingerprint density at radius 1 is 0.560 bits per heavy atom. The van der Waals surface area contributed by atoms with Crippen LogP contribution in [0, 0.1) is 0 Å². The predicted octanol–water partition coefficient (Wildman–Crippen LogP) is 10.7. The average molecular weight is 645 g/mol. The summed E-state index contributed by atoms with van der Waals surface area (Å²) in [5.41, 5.74) is 16.6. The van der Waals surface area contributed by atoms with Gasteiger partial charge in [-0.15, -0.1) is 0 Å². The van der Waals surface area contributed by atoms with Crippen LogP contribution in [0.25, 0.3) is 60.6 Å². The number of nitrogens with two attached hydrogens (primary N) is 1. The Morgan fingerprint density at radius 2 is 1.26 bits per heavy atom. The summed E-state index contributed by atoms with van der Waals surface area (Å²) in [6.45, 7) is 0.475. The van der Waals surface area contributed by atoms with E-state index < -0.39 is 0 Å². The highest BCUT2D eigenvalue weighted by Crippen LogP contribution is 2.41. The number of fused-ring (bicyclic) bond motifs is 6. The first-order chi connectivity index (χ1) is 24.7. The van der Waals surface area contributed by atoms with Gasteiger partial charge in [-0.2, -0.15) is 0 Å². The van der Waals surface area contributed by atoms with Gasteiger partial charge in [0.2, 0.25) is 0 Å². The highest BCUT2D eigenvalue weighted by molar-refractivity contribution is 6.19. The second kappa shape index (κ2) is 12.4. The van der Waals surface area contributed by atoms with Gasteiger partial charge < -0.3 is 14.7 Å². The molecule has 0 aliphatic heterocycles. The van der Waals surface area contributed by atoms with Crippen molar-refractivity contribution < 1.29 is 4.42 Å². The molecule has 5 heteroatoms. The third-order valence-electron chi connectivity index (χ3n) is 9.31. The van der Waals surface area contributed by atoms with Crippen molar-refractivity contribution in [3.05, 3.63) is 187 Å². The largest absolute Gasteiger partial charge is 0.456 e. The van der Waals surface area contributed by atoms with Crippen molar-refractivity contribution in [1.82, 2.24) is 4.57 Å². The first-order valence-electron chi connectivity index (χ1n) is 16.7. The number of amidine groups is 2. The molecule has 0 fully saturated rings. The van der Waals surface area contributed by atoms with Crippen LogP contribution < -0.4 is 5.73 Å². The van der Waals surface area contributed by atoms with E-state index in [4.69, 9.17) is 20.1 Å². The van der Waals surface area contributed by atoms with E-state index in [1.165, 1.54) is 21.9 Å². The zero-order valence-electron chi connectivity index (χ0n) is 27.2. The Balaban J connectivity index is 1.23. The van der Waals surface area contributed by atoms with Gasteiger partial charge in [0.15, 0.2) is 5.84 Å². The van der Waals surface area contributed by atoms with E-state index >= 15 is 0 Å². The lowest BCUT2D eigenvalue weighted by Gasteiger charge is -2.10. The maximum absolute atomic E-state index is 6.60.